The molecule has 0 aromatic heterocycles. The first kappa shape index (κ1) is 13.6. The molecule has 0 bridgehead atoms. The molecule has 0 aliphatic rings. The van der Waals surface area contributed by atoms with Crippen LogP contribution in [0.4, 0.5) is 0 Å². The van der Waals surface area contributed by atoms with Gasteiger partial charge in [0.1, 0.15) is 0 Å². The van der Waals surface area contributed by atoms with Gasteiger partial charge in [-0.25, -0.2) is 5.48 Å². The van der Waals surface area contributed by atoms with Crippen LogP contribution in [0, 0.1) is 0 Å². The van der Waals surface area contributed by atoms with Gasteiger partial charge in [0.25, 0.3) is 5.91 Å². The number of hydroxylamine groups is 1. The monoisotopic (exact) mass is 248 g/mol. The highest BCUT2D eigenvalue weighted by Gasteiger charge is 2.14. The number of amides is 1. The zero-order chi connectivity index (χ0) is 13.4. The molecule has 1 amide bonds. The van der Waals surface area contributed by atoms with Crippen molar-refractivity contribution in [1.82, 2.24) is 5.48 Å². The standard InChI is InChI=1S/C12H12N2O4/c15-10(8-11(13-17)12(16)14-18)7-6-9-4-2-1-3-5-9/h1-7,17-18H,8H2,(H,14,16)/b7-6-,13-11+. The lowest BCUT2D eigenvalue weighted by molar-refractivity contribution is -0.123. The molecule has 18 heavy (non-hydrogen) atoms. The number of carbonyl (C=O) groups excluding carboxylic acids is 2. The van der Waals surface area contributed by atoms with Gasteiger partial charge in [-0.05, 0) is 11.6 Å². The number of hydrogen-bond donors (Lipinski definition) is 3. The van der Waals surface area contributed by atoms with E-state index in [9.17, 15) is 9.59 Å². The minimum absolute atomic E-state index is 0.397. The van der Waals surface area contributed by atoms with Gasteiger partial charge in [0.05, 0.1) is 6.42 Å². The molecule has 1 aromatic rings. The Morgan fingerprint density at radius 3 is 2.50 bits per heavy atom. The second-order valence-electron chi connectivity index (χ2n) is 3.37. The van der Waals surface area contributed by atoms with E-state index in [1.807, 2.05) is 30.3 Å². The molecule has 94 valence electrons. The number of allylic oxidation sites excluding steroid dienone is 1. The molecule has 1 rings (SSSR count). The van der Waals surface area contributed by atoms with Gasteiger partial charge in [-0.15, -0.1) is 0 Å². The van der Waals surface area contributed by atoms with Gasteiger partial charge in [0, 0.05) is 0 Å². The number of nitrogens with zero attached hydrogens (tertiary/aromatic N) is 1. The van der Waals surface area contributed by atoms with E-state index in [4.69, 9.17) is 10.4 Å². The van der Waals surface area contributed by atoms with Crippen molar-refractivity contribution < 1.29 is 20.0 Å². The molecular formula is C12H12N2O4. The van der Waals surface area contributed by atoms with Crippen LogP contribution >= 0.6 is 0 Å². The smallest absolute Gasteiger partial charge is 0.292 e. The molecule has 0 aliphatic heterocycles. The minimum Gasteiger partial charge on any atom is -0.410 e. The molecule has 1 aromatic carbocycles. The van der Waals surface area contributed by atoms with Crippen molar-refractivity contribution >= 4 is 23.5 Å². The predicted octanol–water partition coefficient (Wildman–Crippen LogP) is 0.995. The fraction of sp³-hybridized carbons (Fsp3) is 0.0833. The normalized spacial score (nSPS) is 11.5. The molecule has 0 fully saturated rings. The number of ketones is 1. The van der Waals surface area contributed by atoms with Crippen molar-refractivity contribution in [3.8, 4) is 0 Å². The van der Waals surface area contributed by atoms with E-state index < -0.39 is 23.8 Å². The lowest BCUT2D eigenvalue weighted by atomic mass is 10.1. The Kier molecular flexibility index (Phi) is 5.27. The number of rotatable bonds is 5. The van der Waals surface area contributed by atoms with Crippen molar-refractivity contribution in [2.45, 2.75) is 6.42 Å². The molecule has 0 saturated carbocycles. The first-order chi connectivity index (χ1) is 8.67. The Labute approximate surface area is 103 Å². The number of hydrogen-bond acceptors (Lipinski definition) is 5. The topological polar surface area (TPSA) is 99.0 Å². The van der Waals surface area contributed by atoms with Crippen molar-refractivity contribution in [2.75, 3.05) is 0 Å². The average Bonchev–Trinajstić information content (AvgIpc) is 2.42. The Bertz CT molecular complexity index is 480. The highest BCUT2D eigenvalue weighted by atomic mass is 16.5. The Morgan fingerprint density at radius 1 is 1.28 bits per heavy atom. The van der Waals surface area contributed by atoms with Gasteiger partial charge in [-0.1, -0.05) is 41.6 Å². The van der Waals surface area contributed by atoms with E-state index in [0.717, 1.165) is 5.56 Å². The van der Waals surface area contributed by atoms with Crippen LogP contribution < -0.4 is 5.48 Å². The summed E-state index contributed by atoms with van der Waals surface area (Å²) in [6, 6.07) is 9.12. The molecule has 6 heteroatoms. The molecule has 0 saturated heterocycles. The first-order valence-corrected chi connectivity index (χ1v) is 5.08. The van der Waals surface area contributed by atoms with E-state index >= 15 is 0 Å². The molecule has 3 N–H and O–H groups in total. The van der Waals surface area contributed by atoms with Crippen molar-refractivity contribution in [1.29, 1.82) is 0 Å². The van der Waals surface area contributed by atoms with Gasteiger partial charge in [0.2, 0.25) is 0 Å². The van der Waals surface area contributed by atoms with Crippen molar-refractivity contribution in [3.63, 3.8) is 0 Å². The highest BCUT2D eigenvalue weighted by molar-refractivity contribution is 6.42. The van der Waals surface area contributed by atoms with Gasteiger partial charge >= 0.3 is 0 Å². The van der Waals surface area contributed by atoms with Crippen LogP contribution in [0.1, 0.15) is 12.0 Å². The summed E-state index contributed by atoms with van der Waals surface area (Å²) in [6.07, 6.45) is 2.45. The zero-order valence-corrected chi connectivity index (χ0v) is 9.41. The third kappa shape index (κ3) is 4.18. The largest absolute Gasteiger partial charge is 0.410 e. The molecule has 0 radical (unpaired) electrons. The molecule has 0 atom stereocenters. The first-order valence-electron chi connectivity index (χ1n) is 5.08. The lowest BCUT2D eigenvalue weighted by Gasteiger charge is -1.98. The molecule has 6 nitrogen and oxygen atoms in total. The van der Waals surface area contributed by atoms with E-state index in [-0.39, 0.29) is 0 Å². The summed E-state index contributed by atoms with van der Waals surface area (Å²) in [4.78, 5) is 22.4. The van der Waals surface area contributed by atoms with E-state index in [0.29, 0.717) is 0 Å². The maximum atomic E-state index is 11.5. The van der Waals surface area contributed by atoms with Crippen LogP contribution in [0.25, 0.3) is 6.08 Å². The third-order valence-electron chi connectivity index (χ3n) is 2.09. The molecule has 0 heterocycles. The second kappa shape index (κ2) is 6.97. The Morgan fingerprint density at radius 2 is 1.94 bits per heavy atom. The van der Waals surface area contributed by atoms with Crippen LogP contribution in [-0.2, 0) is 9.59 Å². The van der Waals surface area contributed by atoms with Crippen molar-refractivity contribution in [2.24, 2.45) is 5.16 Å². The fourth-order valence-electron chi connectivity index (χ4n) is 1.20. The zero-order valence-electron chi connectivity index (χ0n) is 9.41. The Hall–Kier alpha value is -2.47. The van der Waals surface area contributed by atoms with E-state index in [2.05, 4.69) is 5.16 Å². The van der Waals surface area contributed by atoms with E-state index in [1.165, 1.54) is 11.6 Å². The van der Waals surface area contributed by atoms with Crippen LogP contribution in [0.2, 0.25) is 0 Å². The number of benzene rings is 1. The second-order valence-corrected chi connectivity index (χ2v) is 3.37. The van der Waals surface area contributed by atoms with Crippen LogP contribution in [0.3, 0.4) is 0 Å². The van der Waals surface area contributed by atoms with Gasteiger partial charge in [-0.3, -0.25) is 14.8 Å². The summed E-state index contributed by atoms with van der Waals surface area (Å²) in [7, 11) is 0. The van der Waals surface area contributed by atoms with Crippen LogP contribution in [0.5, 0.6) is 0 Å². The van der Waals surface area contributed by atoms with Crippen LogP contribution in [-0.4, -0.2) is 27.8 Å². The summed E-state index contributed by atoms with van der Waals surface area (Å²) < 4.78 is 0. The quantitative estimate of drug-likeness (QED) is 0.238. The lowest BCUT2D eigenvalue weighted by Crippen LogP contribution is -2.29. The molecule has 0 unspecified atom stereocenters. The maximum Gasteiger partial charge on any atom is 0.292 e. The average molecular weight is 248 g/mol. The van der Waals surface area contributed by atoms with E-state index in [1.54, 1.807) is 6.08 Å². The number of nitrogens with one attached hydrogen (secondary N) is 1. The Balaban J connectivity index is 2.62. The summed E-state index contributed by atoms with van der Waals surface area (Å²) in [5, 5.41) is 19.5. The SMILES string of the molecule is O=C(/C=C\c1ccccc1)C/C(=N\O)C(=O)NO. The minimum atomic E-state index is -1.01. The molecule has 0 aliphatic carbocycles. The summed E-state index contributed by atoms with van der Waals surface area (Å²) in [5.41, 5.74) is 1.66. The summed E-state index contributed by atoms with van der Waals surface area (Å²) in [5.74, 6) is -1.44. The maximum absolute atomic E-state index is 11.5. The highest BCUT2D eigenvalue weighted by Crippen LogP contribution is 2.02. The summed E-state index contributed by atoms with van der Waals surface area (Å²) in [6.45, 7) is 0. The number of oxime groups is 1. The van der Waals surface area contributed by atoms with Gasteiger partial charge in [-0.2, -0.15) is 0 Å². The third-order valence-corrected chi connectivity index (χ3v) is 2.09. The molecular weight excluding hydrogens is 236 g/mol. The number of carbonyl (C=O) groups is 2. The van der Waals surface area contributed by atoms with Crippen LogP contribution in [0.15, 0.2) is 41.6 Å². The van der Waals surface area contributed by atoms with Gasteiger partial charge in [0.15, 0.2) is 11.5 Å². The predicted molar refractivity (Wildman–Crippen MR) is 64.3 cm³/mol. The fourth-order valence-corrected chi connectivity index (χ4v) is 1.20. The van der Waals surface area contributed by atoms with Gasteiger partial charge < -0.3 is 5.21 Å². The molecule has 0 spiro atoms. The van der Waals surface area contributed by atoms with Crippen molar-refractivity contribution in [3.05, 3.63) is 42.0 Å². The summed E-state index contributed by atoms with van der Waals surface area (Å²) >= 11 is 0.